The zero-order valence-electron chi connectivity index (χ0n) is 4.76. The van der Waals surface area contributed by atoms with Crippen LogP contribution in [0.4, 0.5) is 0 Å². The van der Waals surface area contributed by atoms with Crippen molar-refractivity contribution >= 4 is 6.21 Å². The van der Waals surface area contributed by atoms with Crippen molar-refractivity contribution in [2.24, 2.45) is 5.10 Å². The van der Waals surface area contributed by atoms with Gasteiger partial charge in [-0.2, -0.15) is 5.10 Å². The quantitative estimate of drug-likeness (QED) is 0.435. The Balaban J connectivity index is 2.45. The van der Waals surface area contributed by atoms with Crippen LogP contribution in [0, 0.1) is 0 Å². The van der Waals surface area contributed by atoms with Gasteiger partial charge in [0.2, 0.25) is 0 Å². The molecule has 0 aliphatic carbocycles. The van der Waals surface area contributed by atoms with Crippen molar-refractivity contribution in [2.75, 3.05) is 7.05 Å². The van der Waals surface area contributed by atoms with Crippen LogP contribution in [0.3, 0.4) is 0 Å². The van der Waals surface area contributed by atoms with Gasteiger partial charge in [-0.05, 0) is 6.92 Å². The molecule has 0 aromatic carbocycles. The summed E-state index contributed by atoms with van der Waals surface area (Å²) in [6, 6.07) is 0.625. The number of nitrogens with zero attached hydrogens (tertiary/aromatic N) is 2. The third-order valence-corrected chi connectivity index (χ3v) is 1.35. The predicted octanol–water partition coefficient (Wildman–Crippen LogP) is 0.696. The van der Waals surface area contributed by atoms with Gasteiger partial charge in [0.05, 0.1) is 0 Å². The van der Waals surface area contributed by atoms with Gasteiger partial charge >= 0.3 is 0 Å². The molecule has 1 atom stereocenters. The summed E-state index contributed by atoms with van der Waals surface area (Å²) >= 11 is 0. The predicted molar refractivity (Wildman–Crippen MR) is 30.3 cm³/mol. The molecular formula is C5H10N2. The molecule has 1 rings (SSSR count). The first kappa shape index (κ1) is 4.62. The lowest BCUT2D eigenvalue weighted by molar-refractivity contribution is 0.303. The Morgan fingerprint density at radius 1 is 1.86 bits per heavy atom. The van der Waals surface area contributed by atoms with E-state index in [1.54, 1.807) is 0 Å². The lowest BCUT2D eigenvalue weighted by Crippen LogP contribution is -2.17. The topological polar surface area (TPSA) is 15.6 Å². The Bertz CT molecular complexity index is 88.1. The minimum Gasteiger partial charge on any atom is -0.297 e. The molecule has 40 valence electrons. The van der Waals surface area contributed by atoms with Crippen LogP contribution in [-0.4, -0.2) is 24.3 Å². The largest absolute Gasteiger partial charge is 0.297 e. The third kappa shape index (κ3) is 0.734. The van der Waals surface area contributed by atoms with Crippen LogP contribution < -0.4 is 0 Å². The van der Waals surface area contributed by atoms with Gasteiger partial charge in [0, 0.05) is 25.7 Å². The summed E-state index contributed by atoms with van der Waals surface area (Å²) in [5.74, 6) is 0. The van der Waals surface area contributed by atoms with E-state index in [9.17, 15) is 0 Å². The Morgan fingerprint density at radius 2 is 2.57 bits per heavy atom. The molecule has 0 radical (unpaired) electrons. The van der Waals surface area contributed by atoms with E-state index in [-0.39, 0.29) is 0 Å². The van der Waals surface area contributed by atoms with Gasteiger partial charge in [0.15, 0.2) is 0 Å². The van der Waals surface area contributed by atoms with Crippen LogP contribution in [0.15, 0.2) is 5.10 Å². The van der Waals surface area contributed by atoms with E-state index < -0.39 is 0 Å². The maximum atomic E-state index is 4.03. The Labute approximate surface area is 43.8 Å². The number of hydrazone groups is 1. The molecular weight excluding hydrogens is 88.1 g/mol. The lowest BCUT2D eigenvalue weighted by atomic mass is 10.3. The fourth-order valence-corrected chi connectivity index (χ4v) is 0.595. The summed E-state index contributed by atoms with van der Waals surface area (Å²) in [5.41, 5.74) is 0. The van der Waals surface area contributed by atoms with Crippen molar-refractivity contribution in [3.05, 3.63) is 0 Å². The maximum absolute atomic E-state index is 4.03. The fraction of sp³-hybridized carbons (Fsp3) is 0.800. The molecule has 0 N–H and O–H groups in total. The molecule has 0 spiro atoms. The van der Waals surface area contributed by atoms with Crippen molar-refractivity contribution in [3.63, 3.8) is 0 Å². The van der Waals surface area contributed by atoms with E-state index in [1.807, 2.05) is 18.3 Å². The first-order valence-electron chi connectivity index (χ1n) is 2.56. The highest BCUT2D eigenvalue weighted by molar-refractivity contribution is 5.59. The van der Waals surface area contributed by atoms with Crippen molar-refractivity contribution in [1.29, 1.82) is 0 Å². The van der Waals surface area contributed by atoms with Gasteiger partial charge in [-0.1, -0.05) is 0 Å². The molecule has 0 fully saturated rings. The molecule has 0 saturated carbocycles. The summed E-state index contributed by atoms with van der Waals surface area (Å²) in [7, 11) is 1.99. The second-order valence-electron chi connectivity index (χ2n) is 1.96. The molecule has 1 aliphatic heterocycles. The van der Waals surface area contributed by atoms with E-state index in [4.69, 9.17) is 0 Å². The van der Waals surface area contributed by atoms with Crippen LogP contribution in [0.2, 0.25) is 0 Å². The van der Waals surface area contributed by atoms with Crippen molar-refractivity contribution in [3.8, 4) is 0 Å². The van der Waals surface area contributed by atoms with Crippen LogP contribution in [0.25, 0.3) is 0 Å². The van der Waals surface area contributed by atoms with E-state index in [1.165, 1.54) is 0 Å². The smallest absolute Gasteiger partial charge is 0.0489 e. The van der Waals surface area contributed by atoms with Crippen molar-refractivity contribution in [1.82, 2.24) is 5.01 Å². The minimum atomic E-state index is 0.625. The summed E-state index contributed by atoms with van der Waals surface area (Å²) in [4.78, 5) is 0. The first-order chi connectivity index (χ1) is 3.30. The van der Waals surface area contributed by atoms with Gasteiger partial charge in [-0.15, -0.1) is 0 Å². The molecule has 0 bridgehead atoms. The molecule has 0 aromatic rings. The normalized spacial score (nSPS) is 29.4. The second kappa shape index (κ2) is 1.52. The summed E-state index contributed by atoms with van der Waals surface area (Å²) in [5, 5.41) is 6.00. The van der Waals surface area contributed by atoms with Crippen molar-refractivity contribution < 1.29 is 0 Å². The van der Waals surface area contributed by atoms with Crippen LogP contribution in [0.5, 0.6) is 0 Å². The minimum absolute atomic E-state index is 0.625. The molecule has 1 heterocycles. The molecule has 2 heteroatoms. The highest BCUT2D eigenvalue weighted by atomic mass is 15.5. The Kier molecular flexibility index (Phi) is 1.01. The van der Waals surface area contributed by atoms with Gasteiger partial charge in [-0.3, -0.25) is 5.01 Å². The zero-order valence-corrected chi connectivity index (χ0v) is 4.76. The Hall–Kier alpha value is -0.530. The Morgan fingerprint density at radius 3 is 2.71 bits per heavy atom. The number of hydrogen-bond acceptors (Lipinski definition) is 2. The van der Waals surface area contributed by atoms with Gasteiger partial charge < -0.3 is 0 Å². The van der Waals surface area contributed by atoms with E-state index >= 15 is 0 Å². The number of hydrogen-bond donors (Lipinski definition) is 0. The molecule has 1 aliphatic rings. The lowest BCUT2D eigenvalue weighted by Gasteiger charge is -2.11. The van der Waals surface area contributed by atoms with Crippen LogP contribution in [0.1, 0.15) is 13.3 Å². The molecule has 0 unspecified atom stereocenters. The first-order valence-corrected chi connectivity index (χ1v) is 2.56. The van der Waals surface area contributed by atoms with E-state index in [2.05, 4.69) is 12.0 Å². The fourth-order valence-electron chi connectivity index (χ4n) is 0.595. The highest BCUT2D eigenvalue weighted by Crippen LogP contribution is 2.04. The summed E-state index contributed by atoms with van der Waals surface area (Å²) in [6.45, 7) is 2.16. The monoisotopic (exact) mass is 98.1 g/mol. The third-order valence-electron chi connectivity index (χ3n) is 1.35. The van der Waals surface area contributed by atoms with Gasteiger partial charge in [0.25, 0.3) is 0 Å². The molecule has 0 aromatic heterocycles. The molecule has 7 heavy (non-hydrogen) atoms. The SMILES string of the molecule is C[C@H]1CC=NN1C. The van der Waals surface area contributed by atoms with Gasteiger partial charge in [-0.25, -0.2) is 0 Å². The highest BCUT2D eigenvalue weighted by Gasteiger charge is 2.08. The van der Waals surface area contributed by atoms with Crippen molar-refractivity contribution in [2.45, 2.75) is 19.4 Å². The summed E-state index contributed by atoms with van der Waals surface area (Å²) in [6.07, 6.45) is 3.06. The van der Waals surface area contributed by atoms with E-state index in [0.29, 0.717) is 6.04 Å². The number of rotatable bonds is 0. The molecule has 0 saturated heterocycles. The molecule has 2 nitrogen and oxygen atoms in total. The maximum Gasteiger partial charge on any atom is 0.0489 e. The standard InChI is InChI=1S/C5H10N2/c1-5-3-4-6-7(5)2/h4-5H,3H2,1-2H3/t5-/m0/s1. The van der Waals surface area contributed by atoms with E-state index in [0.717, 1.165) is 6.42 Å². The van der Waals surface area contributed by atoms with Crippen LogP contribution >= 0.6 is 0 Å². The summed E-state index contributed by atoms with van der Waals surface area (Å²) < 4.78 is 0. The van der Waals surface area contributed by atoms with Crippen LogP contribution in [-0.2, 0) is 0 Å². The average Bonchev–Trinajstić information content (AvgIpc) is 1.91. The zero-order chi connectivity index (χ0) is 5.28. The molecule has 0 amide bonds. The average molecular weight is 98.1 g/mol. The second-order valence-corrected chi connectivity index (χ2v) is 1.96. The van der Waals surface area contributed by atoms with Gasteiger partial charge in [0.1, 0.15) is 0 Å².